The summed E-state index contributed by atoms with van der Waals surface area (Å²) >= 11 is 0. The summed E-state index contributed by atoms with van der Waals surface area (Å²) in [6, 6.07) is 7.44. The van der Waals surface area contributed by atoms with Gasteiger partial charge in [-0.1, -0.05) is 26.0 Å². The molecule has 0 saturated carbocycles. The number of amides is 2. The average molecular weight is 306 g/mol. The van der Waals surface area contributed by atoms with Crippen molar-refractivity contribution in [2.24, 2.45) is 5.92 Å². The van der Waals surface area contributed by atoms with Crippen LogP contribution in [-0.2, 0) is 9.59 Å². The molecule has 5 nitrogen and oxygen atoms in total. The highest BCUT2D eigenvalue weighted by Crippen LogP contribution is 2.28. The molecule has 0 fully saturated rings. The van der Waals surface area contributed by atoms with Crippen LogP contribution < -0.4 is 15.0 Å². The molecule has 0 radical (unpaired) electrons. The number of anilines is 1. The maximum Gasteiger partial charge on any atom is 0.224 e. The lowest BCUT2D eigenvalue weighted by Gasteiger charge is -2.25. The maximum atomic E-state index is 11.9. The molecule has 0 heterocycles. The third-order valence-corrected chi connectivity index (χ3v) is 3.06. The van der Waals surface area contributed by atoms with Gasteiger partial charge in [0.15, 0.2) is 0 Å². The zero-order chi connectivity index (χ0) is 16.7. The number of benzene rings is 1. The summed E-state index contributed by atoms with van der Waals surface area (Å²) in [6.07, 6.45) is 0.0237. The molecular weight excluding hydrogens is 280 g/mol. The Morgan fingerprint density at radius 2 is 1.82 bits per heavy atom. The molecule has 1 rings (SSSR count). The molecule has 1 aromatic carbocycles. The first-order valence-electron chi connectivity index (χ1n) is 7.64. The molecule has 2 amide bonds. The SMILES string of the molecule is CC(=O)N(CCNC(=O)C(C)C)c1ccccc1OC(C)C. The average Bonchev–Trinajstić information content (AvgIpc) is 2.43. The molecule has 5 heteroatoms. The first kappa shape index (κ1) is 18.0. The van der Waals surface area contributed by atoms with Crippen molar-refractivity contribution in [2.45, 2.75) is 40.7 Å². The quantitative estimate of drug-likeness (QED) is 0.842. The normalized spacial score (nSPS) is 10.7. The van der Waals surface area contributed by atoms with Gasteiger partial charge < -0.3 is 15.0 Å². The Kier molecular flexibility index (Phi) is 6.89. The van der Waals surface area contributed by atoms with Crippen molar-refractivity contribution >= 4 is 17.5 Å². The molecule has 0 aliphatic rings. The minimum atomic E-state index is -0.0846. The lowest BCUT2D eigenvalue weighted by Crippen LogP contribution is -2.39. The van der Waals surface area contributed by atoms with E-state index in [4.69, 9.17) is 4.74 Å². The highest BCUT2D eigenvalue weighted by molar-refractivity contribution is 5.93. The van der Waals surface area contributed by atoms with E-state index in [0.717, 1.165) is 5.69 Å². The zero-order valence-electron chi connectivity index (χ0n) is 14.1. The molecular formula is C17H26N2O3. The van der Waals surface area contributed by atoms with Crippen molar-refractivity contribution in [3.63, 3.8) is 0 Å². The molecule has 0 aliphatic heterocycles. The molecule has 0 unspecified atom stereocenters. The summed E-state index contributed by atoms with van der Waals surface area (Å²) < 4.78 is 5.76. The van der Waals surface area contributed by atoms with Crippen LogP contribution in [0.2, 0.25) is 0 Å². The van der Waals surface area contributed by atoms with Crippen LogP contribution in [0.15, 0.2) is 24.3 Å². The van der Waals surface area contributed by atoms with Crippen molar-refractivity contribution in [1.82, 2.24) is 5.32 Å². The molecule has 0 atom stereocenters. The Bertz CT molecular complexity index is 512. The molecule has 0 saturated heterocycles. The number of para-hydroxylation sites is 2. The molecule has 122 valence electrons. The summed E-state index contributed by atoms with van der Waals surface area (Å²) in [5, 5.41) is 2.82. The van der Waals surface area contributed by atoms with Crippen molar-refractivity contribution < 1.29 is 14.3 Å². The number of nitrogens with zero attached hydrogens (tertiary/aromatic N) is 1. The van der Waals surface area contributed by atoms with Gasteiger partial charge in [-0.3, -0.25) is 9.59 Å². The Hall–Kier alpha value is -2.04. The molecule has 0 bridgehead atoms. The van der Waals surface area contributed by atoms with Gasteiger partial charge in [0.05, 0.1) is 11.8 Å². The van der Waals surface area contributed by atoms with E-state index < -0.39 is 0 Å². The summed E-state index contributed by atoms with van der Waals surface area (Å²) in [6.45, 7) is 9.89. The number of carbonyl (C=O) groups excluding carboxylic acids is 2. The number of rotatable bonds is 7. The second-order valence-electron chi connectivity index (χ2n) is 5.75. The fourth-order valence-corrected chi connectivity index (χ4v) is 1.98. The lowest BCUT2D eigenvalue weighted by molar-refractivity contribution is -0.124. The molecule has 0 spiro atoms. The van der Waals surface area contributed by atoms with Crippen LogP contribution in [0.1, 0.15) is 34.6 Å². The van der Waals surface area contributed by atoms with Gasteiger partial charge in [0.2, 0.25) is 11.8 Å². The van der Waals surface area contributed by atoms with Gasteiger partial charge in [0.25, 0.3) is 0 Å². The van der Waals surface area contributed by atoms with Crippen molar-refractivity contribution in [3.05, 3.63) is 24.3 Å². The summed E-state index contributed by atoms with van der Waals surface area (Å²) in [4.78, 5) is 25.2. The summed E-state index contributed by atoms with van der Waals surface area (Å²) in [5.41, 5.74) is 0.725. The maximum absolute atomic E-state index is 11.9. The third kappa shape index (κ3) is 5.39. The minimum absolute atomic E-state index is 0.0183. The highest BCUT2D eigenvalue weighted by atomic mass is 16.5. The molecule has 1 aromatic rings. The first-order chi connectivity index (χ1) is 10.3. The van der Waals surface area contributed by atoms with E-state index in [2.05, 4.69) is 5.32 Å². The number of hydrogen-bond acceptors (Lipinski definition) is 3. The van der Waals surface area contributed by atoms with Crippen molar-refractivity contribution in [2.75, 3.05) is 18.0 Å². The van der Waals surface area contributed by atoms with E-state index in [1.165, 1.54) is 6.92 Å². The van der Waals surface area contributed by atoms with E-state index in [0.29, 0.717) is 18.8 Å². The highest BCUT2D eigenvalue weighted by Gasteiger charge is 2.17. The van der Waals surface area contributed by atoms with Crippen LogP contribution >= 0.6 is 0 Å². The molecule has 22 heavy (non-hydrogen) atoms. The summed E-state index contributed by atoms with van der Waals surface area (Å²) in [5.74, 6) is 0.499. The number of carbonyl (C=O) groups is 2. The van der Waals surface area contributed by atoms with E-state index in [9.17, 15) is 9.59 Å². The fourth-order valence-electron chi connectivity index (χ4n) is 1.98. The van der Waals surface area contributed by atoms with E-state index in [-0.39, 0.29) is 23.8 Å². The molecule has 1 N–H and O–H groups in total. The first-order valence-corrected chi connectivity index (χ1v) is 7.64. The standard InChI is InChI=1S/C17H26N2O3/c1-12(2)17(21)18-10-11-19(14(5)20)15-8-6-7-9-16(15)22-13(3)4/h6-9,12-13H,10-11H2,1-5H3,(H,18,21). The zero-order valence-corrected chi connectivity index (χ0v) is 14.1. The third-order valence-electron chi connectivity index (χ3n) is 3.06. The molecule has 0 aromatic heterocycles. The van der Waals surface area contributed by atoms with Crippen LogP contribution in [0.3, 0.4) is 0 Å². The van der Waals surface area contributed by atoms with Gasteiger partial charge in [0.1, 0.15) is 5.75 Å². The predicted octanol–water partition coefficient (Wildman–Crippen LogP) is 2.60. The lowest BCUT2D eigenvalue weighted by atomic mass is 10.2. The smallest absolute Gasteiger partial charge is 0.224 e. The van der Waals surface area contributed by atoms with Crippen molar-refractivity contribution in [3.8, 4) is 5.75 Å². The number of nitrogens with one attached hydrogen (secondary N) is 1. The van der Waals surface area contributed by atoms with Crippen LogP contribution in [0.5, 0.6) is 5.75 Å². The van der Waals surface area contributed by atoms with Gasteiger partial charge in [-0.05, 0) is 26.0 Å². The van der Waals surface area contributed by atoms with Gasteiger partial charge in [-0.2, -0.15) is 0 Å². The van der Waals surface area contributed by atoms with Crippen LogP contribution in [0.25, 0.3) is 0 Å². The van der Waals surface area contributed by atoms with E-state index in [1.807, 2.05) is 52.0 Å². The Morgan fingerprint density at radius 3 is 2.36 bits per heavy atom. The Balaban J connectivity index is 2.83. The van der Waals surface area contributed by atoms with Gasteiger partial charge in [-0.25, -0.2) is 0 Å². The van der Waals surface area contributed by atoms with Gasteiger partial charge in [-0.15, -0.1) is 0 Å². The van der Waals surface area contributed by atoms with E-state index >= 15 is 0 Å². The predicted molar refractivity (Wildman–Crippen MR) is 88.1 cm³/mol. The van der Waals surface area contributed by atoms with Crippen LogP contribution in [-0.4, -0.2) is 31.0 Å². The Labute approximate surface area is 132 Å². The largest absolute Gasteiger partial charge is 0.489 e. The van der Waals surface area contributed by atoms with Gasteiger partial charge >= 0.3 is 0 Å². The summed E-state index contributed by atoms with van der Waals surface area (Å²) in [7, 11) is 0. The second-order valence-corrected chi connectivity index (χ2v) is 5.75. The van der Waals surface area contributed by atoms with E-state index in [1.54, 1.807) is 4.90 Å². The molecule has 0 aliphatic carbocycles. The monoisotopic (exact) mass is 306 g/mol. The minimum Gasteiger partial charge on any atom is -0.489 e. The number of ether oxygens (including phenoxy) is 1. The topological polar surface area (TPSA) is 58.6 Å². The number of hydrogen-bond donors (Lipinski definition) is 1. The van der Waals surface area contributed by atoms with Crippen molar-refractivity contribution in [1.29, 1.82) is 0 Å². The van der Waals surface area contributed by atoms with Crippen LogP contribution in [0, 0.1) is 5.92 Å². The Morgan fingerprint density at radius 1 is 1.18 bits per heavy atom. The van der Waals surface area contributed by atoms with Crippen LogP contribution in [0.4, 0.5) is 5.69 Å². The second kappa shape index (κ2) is 8.41. The fraction of sp³-hybridized carbons (Fsp3) is 0.529. The van der Waals surface area contributed by atoms with Gasteiger partial charge in [0, 0.05) is 25.9 Å².